The van der Waals surface area contributed by atoms with E-state index in [-0.39, 0.29) is 60.9 Å². The third-order valence-corrected chi connectivity index (χ3v) is 20.0. The molecule has 0 radical (unpaired) electrons. The zero-order valence-electron chi connectivity index (χ0n) is 49.6. The molecule has 1 fully saturated rings. The third kappa shape index (κ3) is 14.3. The fourth-order valence-corrected chi connectivity index (χ4v) is 13.9. The van der Waals surface area contributed by atoms with Crippen LogP contribution in [0.15, 0.2) is 70.4 Å². The van der Waals surface area contributed by atoms with Gasteiger partial charge in [0.2, 0.25) is 0 Å². The van der Waals surface area contributed by atoms with Crippen molar-refractivity contribution in [2.24, 2.45) is 39.6 Å². The van der Waals surface area contributed by atoms with Gasteiger partial charge in [0.1, 0.15) is 41.3 Å². The van der Waals surface area contributed by atoms with Crippen LogP contribution in [0.3, 0.4) is 0 Å². The summed E-state index contributed by atoms with van der Waals surface area (Å²) in [7, 11) is -7.71. The molecule has 5 bridgehead atoms. The number of Topliss-reactive ketones (excluding diaryl/α,β-unsaturated/α-hetero) is 1. The topological polar surface area (TPSA) is 363 Å². The Balaban J connectivity index is 1.25. The summed E-state index contributed by atoms with van der Waals surface area (Å²) in [5.41, 5.74) is -0.706. The van der Waals surface area contributed by atoms with E-state index in [1.54, 1.807) is 33.8 Å². The molecule has 3 aromatic rings. The number of phenolic OH excluding ortho intramolecular Hbond substituents is 2. The average molecular weight is 1230 g/mol. The summed E-state index contributed by atoms with van der Waals surface area (Å²) in [6.45, 7) is 18.0. The lowest BCUT2D eigenvalue weighted by molar-refractivity contribution is -0.165. The minimum absolute atomic E-state index is 0.0200. The van der Waals surface area contributed by atoms with Gasteiger partial charge >= 0.3 is 38.9 Å². The van der Waals surface area contributed by atoms with Crippen LogP contribution in [0.25, 0.3) is 10.8 Å². The number of allylic oxidation sites excluding steroid dienone is 2. The molecule has 0 saturated carbocycles. The number of ketones is 1. The Kier molecular flexibility index (Phi) is 20.0. The normalized spacial score (nSPS) is 27.0. The van der Waals surface area contributed by atoms with Gasteiger partial charge in [0.05, 0.1) is 34.8 Å². The van der Waals surface area contributed by atoms with E-state index in [1.165, 1.54) is 90.6 Å². The number of likely N-dealkylation sites (tertiary alicyclic amines) is 1. The van der Waals surface area contributed by atoms with Crippen molar-refractivity contribution in [2.45, 2.75) is 130 Å². The Morgan fingerprint density at radius 3 is 2.09 bits per heavy atom. The fourth-order valence-electron chi connectivity index (χ4n) is 11.4. The Bertz CT molecular complexity index is 3400. The van der Waals surface area contributed by atoms with E-state index >= 15 is 0 Å². The van der Waals surface area contributed by atoms with Gasteiger partial charge in [-0.05, 0) is 50.0 Å². The van der Waals surface area contributed by atoms with Crippen molar-refractivity contribution >= 4 is 67.0 Å². The highest BCUT2D eigenvalue weighted by atomic mass is 31.2. The van der Waals surface area contributed by atoms with Crippen molar-refractivity contribution in [3.63, 3.8) is 0 Å². The number of hydrogen-bond acceptors (Lipinski definition) is 18. The zero-order chi connectivity index (χ0) is 63.0. The van der Waals surface area contributed by atoms with Crippen molar-refractivity contribution in [3.8, 4) is 17.2 Å². The molecule has 85 heavy (non-hydrogen) atoms. The molecule has 1 saturated heterocycles. The predicted octanol–water partition coefficient (Wildman–Crippen LogP) is 5.69. The van der Waals surface area contributed by atoms with Crippen LogP contribution < -0.4 is 26.1 Å². The summed E-state index contributed by atoms with van der Waals surface area (Å²) in [6.07, 6.45) is 3.06. The van der Waals surface area contributed by atoms with Gasteiger partial charge in [-0.25, -0.2) is 4.79 Å². The first-order valence-corrected chi connectivity index (χ1v) is 31.3. The van der Waals surface area contributed by atoms with E-state index in [0.717, 1.165) is 11.4 Å². The van der Waals surface area contributed by atoms with Gasteiger partial charge in [-0.2, -0.15) is 0 Å². The number of anilines is 2. The number of nitrogens with zero attached hydrogens (tertiary/aromatic N) is 4. The Labute approximate surface area is 492 Å². The molecule has 5 aliphatic heterocycles. The van der Waals surface area contributed by atoms with Crippen LogP contribution in [-0.2, 0) is 48.9 Å². The van der Waals surface area contributed by atoms with Gasteiger partial charge in [-0.1, -0.05) is 71.9 Å². The molecule has 1 spiro atoms. The highest BCUT2D eigenvalue weighted by molar-refractivity contribution is 7.70. The number of aliphatic hydroxyl groups excluding tert-OH is 1. The first-order valence-electron chi connectivity index (χ1n) is 27.9. The number of urea groups is 1. The third-order valence-electron chi connectivity index (χ3n) is 16.2. The summed E-state index contributed by atoms with van der Waals surface area (Å²) >= 11 is 0. The maximum Gasteiger partial charge on any atom is 0.341 e. The number of rotatable bonds is 12. The van der Waals surface area contributed by atoms with Gasteiger partial charge in [-0.15, -0.1) is 0 Å². The van der Waals surface area contributed by atoms with Crippen LogP contribution in [0.4, 0.5) is 16.2 Å². The number of amides is 3. The van der Waals surface area contributed by atoms with E-state index in [9.17, 15) is 68.0 Å². The number of methoxy groups -OCH3 is 1. The molecule has 27 heteroatoms. The molecule has 5 aliphatic rings. The van der Waals surface area contributed by atoms with Gasteiger partial charge in [0, 0.05) is 106 Å². The summed E-state index contributed by atoms with van der Waals surface area (Å²) < 4.78 is 54.1. The molecule has 8 rings (SSSR count). The zero-order valence-corrected chi connectivity index (χ0v) is 51.4. The van der Waals surface area contributed by atoms with Crippen molar-refractivity contribution in [1.82, 2.24) is 9.80 Å². The summed E-state index contributed by atoms with van der Waals surface area (Å²) in [5.74, 6) is -8.99. The highest BCUT2D eigenvalue weighted by Gasteiger charge is 2.51. The number of likely N-dealkylation sites (N-methyl/N-ethyl adjacent to an activating group) is 1. The number of carbonyl (C=O) groups excluding carboxylic acids is 5. The van der Waals surface area contributed by atoms with E-state index in [1.807, 2.05) is 0 Å². The Morgan fingerprint density at radius 1 is 0.894 bits per heavy atom. The van der Waals surface area contributed by atoms with Crippen molar-refractivity contribution in [2.75, 3.05) is 51.0 Å². The quantitative estimate of drug-likeness (QED) is 0.0597. The summed E-state index contributed by atoms with van der Waals surface area (Å²) in [6, 6.07) is 4.51. The van der Waals surface area contributed by atoms with Crippen molar-refractivity contribution in [1.29, 1.82) is 0 Å². The average Bonchev–Trinajstić information content (AvgIpc) is 2.88. The second-order valence-electron chi connectivity index (χ2n) is 23.3. The molecule has 3 amide bonds. The standard InChI is InChI=1S/C58H78N6O19P2/c1-29(2)27-64-23-21-58(22-24-64)61-45-42-43-49(68)35(8)53-44(42)54(70)57(10,83-53)80-25-20-39(79-12)32(5)52(81-36(9)65)34(7)48(67)33(6)51(30(3)14-13-15-31(4)55(71)60-47(50(43)69)46(45)62-58)82-40(66)28-63(11)56(72)59-38-18-16-37(17-19-38)26-41(84(73,74)75)85(76,77)78/h13-20,25,29-30,32-34,39,41,48,51-52,67-69H,21-24,26-28H2,1-12H3,(H,59,72)(H,60,71)(H2,73,74,75)(H2,76,77,78)/b14-13+,25-20+,31-15-/t30-,32+,33-,34+,39-,48+,51-,52+,57-/m0/s1. The van der Waals surface area contributed by atoms with Crippen LogP contribution in [0.2, 0.25) is 0 Å². The maximum absolute atomic E-state index is 14.9. The second-order valence-corrected chi connectivity index (χ2v) is 27.3. The molecule has 25 nitrogen and oxygen atoms in total. The fraction of sp³-hybridized carbons (Fsp3) is 0.534. The number of piperidine rings is 1. The lowest BCUT2D eigenvalue weighted by Crippen LogP contribution is -2.48. The minimum atomic E-state index is -5.20. The summed E-state index contributed by atoms with van der Waals surface area (Å²) in [5, 5.41) is 39.9. The molecule has 3 aromatic carbocycles. The van der Waals surface area contributed by atoms with Crippen LogP contribution in [-0.4, -0.2) is 156 Å². The number of aromatic hydroxyl groups is 2. The van der Waals surface area contributed by atoms with Gasteiger partial charge < -0.3 is 79.0 Å². The van der Waals surface area contributed by atoms with Crippen LogP contribution in [0.5, 0.6) is 17.2 Å². The van der Waals surface area contributed by atoms with Crippen LogP contribution >= 0.6 is 15.2 Å². The van der Waals surface area contributed by atoms with Crippen molar-refractivity contribution in [3.05, 3.63) is 87.8 Å². The number of esters is 2. The lowest BCUT2D eigenvalue weighted by atomic mass is 9.78. The Hall–Kier alpha value is -6.53. The number of nitrogens with one attached hydrogen (secondary N) is 2. The highest BCUT2D eigenvalue weighted by Crippen LogP contribution is 2.61. The Morgan fingerprint density at radius 2 is 1.51 bits per heavy atom. The van der Waals surface area contributed by atoms with Crippen LogP contribution in [0, 0.1) is 36.5 Å². The molecule has 9 atom stereocenters. The monoisotopic (exact) mass is 1220 g/mol. The molecule has 9 N–H and O–H groups in total. The first-order chi connectivity index (χ1) is 39.6. The molecule has 0 aromatic heterocycles. The lowest BCUT2D eigenvalue weighted by Gasteiger charge is -2.39. The molecule has 0 unspecified atom stereocenters. The van der Waals surface area contributed by atoms with Crippen molar-refractivity contribution < 1.29 is 91.7 Å². The maximum atomic E-state index is 14.9. The van der Waals surface area contributed by atoms with E-state index in [0.29, 0.717) is 31.8 Å². The first kappa shape index (κ1) is 66.0. The number of hydrogen-bond donors (Lipinski definition) is 9. The number of carbonyl (C=O) groups is 5. The largest absolute Gasteiger partial charge is 0.507 e. The van der Waals surface area contributed by atoms with E-state index in [4.69, 9.17) is 33.7 Å². The van der Waals surface area contributed by atoms with E-state index < -0.39 is 134 Å². The van der Waals surface area contributed by atoms with Crippen LogP contribution in [0.1, 0.15) is 96.6 Å². The van der Waals surface area contributed by atoms with Gasteiger partial charge in [0.25, 0.3) is 11.7 Å². The second kappa shape index (κ2) is 25.8. The molecule has 0 aliphatic carbocycles. The number of ether oxygens (including phenoxy) is 5. The number of aliphatic hydroxyl groups is 1. The minimum Gasteiger partial charge on any atom is -0.507 e. The van der Waals surface area contributed by atoms with E-state index in [2.05, 4.69) is 29.4 Å². The number of phenols is 2. The SMILES string of the molecule is CO[C@H]1/C=C/O[C@@]2(C)Oc3c(C)c(O)c4c(O)c(c5c(c4c3C2=O)=NC2(CCN(CC(C)C)CC2)N=5)NC(=O)/C(C)=C\C=C\[C@H](C)[C@H](OC(=O)CN(C)C(=O)Nc2ccc(CC(P(=O)(O)O)P(=O)(O)O)cc2)[C@@H](C)[C@@H](O)[C@@H](C)[C@H](OC(C)=O)[C@@H]1C. The predicted molar refractivity (Wildman–Crippen MR) is 311 cm³/mol. The van der Waals surface area contributed by atoms with Gasteiger partial charge in [-0.3, -0.25) is 38.3 Å². The number of benzene rings is 3. The molecule has 5 heterocycles. The molecular weight excluding hydrogens is 1150 g/mol. The number of fused-ring (bicyclic) bond motifs is 13. The van der Waals surface area contributed by atoms with Gasteiger partial charge in [0.15, 0.2) is 16.8 Å². The smallest absolute Gasteiger partial charge is 0.341 e. The molecule has 464 valence electrons. The summed E-state index contributed by atoms with van der Waals surface area (Å²) in [4.78, 5) is 121. The molecular formula is C58H78N6O19P2.